The van der Waals surface area contributed by atoms with Crippen molar-refractivity contribution in [2.45, 2.75) is 13.0 Å². The number of carbonyl (C=O) groups is 2. The first-order valence-electron chi connectivity index (χ1n) is 7.76. The van der Waals surface area contributed by atoms with Gasteiger partial charge in [0, 0.05) is 17.3 Å². The van der Waals surface area contributed by atoms with Gasteiger partial charge in [0.2, 0.25) is 5.89 Å². The first-order chi connectivity index (χ1) is 12.6. The number of nitrogens with zero attached hydrogens (tertiary/aromatic N) is 2. The van der Waals surface area contributed by atoms with E-state index in [0.717, 1.165) is 10.4 Å². The number of carbonyl (C=O) groups excluding carboxylic acids is 1. The zero-order valence-corrected chi connectivity index (χ0v) is 14.2. The van der Waals surface area contributed by atoms with Crippen LogP contribution in [0.4, 0.5) is 5.00 Å². The number of thiophene rings is 1. The minimum atomic E-state index is -1.07. The number of rotatable bonds is 4. The van der Waals surface area contributed by atoms with Crippen LogP contribution in [-0.4, -0.2) is 33.6 Å². The number of aromatic carboxylic acids is 1. The molecule has 0 atom stereocenters. The van der Waals surface area contributed by atoms with E-state index < -0.39 is 11.9 Å². The summed E-state index contributed by atoms with van der Waals surface area (Å²) in [7, 11) is 0. The van der Waals surface area contributed by atoms with E-state index in [9.17, 15) is 14.7 Å². The highest BCUT2D eigenvalue weighted by Gasteiger charge is 2.27. The Labute approximate surface area is 151 Å². The van der Waals surface area contributed by atoms with Crippen LogP contribution >= 0.6 is 11.3 Å². The second-order valence-electron chi connectivity index (χ2n) is 5.55. The minimum Gasteiger partial charge on any atom is -0.478 e. The quantitative estimate of drug-likeness (QED) is 0.724. The SMILES string of the molecule is O=C(Nc1sc2c(c1C(=O)O)CCOC2)c1coc(-c2cccnc2)n1. The lowest BCUT2D eigenvalue weighted by Gasteiger charge is -2.11. The van der Waals surface area contributed by atoms with Gasteiger partial charge in [0.15, 0.2) is 5.69 Å². The fourth-order valence-electron chi connectivity index (χ4n) is 2.71. The molecule has 4 rings (SSSR count). The van der Waals surface area contributed by atoms with E-state index in [-0.39, 0.29) is 22.1 Å². The number of fused-ring (bicyclic) bond motifs is 1. The molecule has 0 aliphatic carbocycles. The van der Waals surface area contributed by atoms with Crippen molar-refractivity contribution in [3.63, 3.8) is 0 Å². The highest BCUT2D eigenvalue weighted by atomic mass is 32.1. The molecule has 0 unspecified atom stereocenters. The molecule has 4 heterocycles. The van der Waals surface area contributed by atoms with Crippen LogP contribution in [0, 0.1) is 0 Å². The number of aromatic nitrogens is 2. The molecule has 1 aliphatic rings. The number of amides is 1. The lowest BCUT2D eigenvalue weighted by molar-refractivity contribution is 0.0693. The van der Waals surface area contributed by atoms with Gasteiger partial charge >= 0.3 is 5.97 Å². The Bertz CT molecular complexity index is 980. The maximum Gasteiger partial charge on any atom is 0.339 e. The lowest BCUT2D eigenvalue weighted by atomic mass is 10.1. The summed E-state index contributed by atoms with van der Waals surface area (Å²) >= 11 is 1.21. The van der Waals surface area contributed by atoms with Gasteiger partial charge in [-0.1, -0.05) is 0 Å². The van der Waals surface area contributed by atoms with E-state index >= 15 is 0 Å². The normalized spacial score (nSPS) is 13.2. The number of hydrogen-bond donors (Lipinski definition) is 2. The first-order valence-corrected chi connectivity index (χ1v) is 8.58. The molecule has 3 aromatic heterocycles. The molecule has 0 fully saturated rings. The Hall–Kier alpha value is -3.04. The predicted molar refractivity (Wildman–Crippen MR) is 92.3 cm³/mol. The number of carboxylic acids is 1. The molecule has 26 heavy (non-hydrogen) atoms. The molecular weight excluding hydrogens is 358 g/mol. The van der Waals surface area contributed by atoms with E-state index in [2.05, 4.69) is 15.3 Å². The monoisotopic (exact) mass is 371 g/mol. The van der Waals surface area contributed by atoms with Crippen LogP contribution in [0.25, 0.3) is 11.5 Å². The Balaban J connectivity index is 1.60. The average molecular weight is 371 g/mol. The van der Waals surface area contributed by atoms with Gasteiger partial charge in [-0.2, -0.15) is 0 Å². The van der Waals surface area contributed by atoms with Gasteiger partial charge in [0.05, 0.1) is 24.3 Å². The average Bonchev–Trinajstić information content (AvgIpc) is 3.27. The molecule has 132 valence electrons. The number of pyridine rings is 1. The van der Waals surface area contributed by atoms with Crippen LogP contribution in [0.2, 0.25) is 0 Å². The Morgan fingerprint density at radius 1 is 1.35 bits per heavy atom. The molecule has 8 nitrogen and oxygen atoms in total. The van der Waals surface area contributed by atoms with Crippen molar-refractivity contribution in [2.75, 3.05) is 11.9 Å². The van der Waals surface area contributed by atoms with Crippen LogP contribution in [0.3, 0.4) is 0 Å². The van der Waals surface area contributed by atoms with Crippen molar-refractivity contribution in [2.24, 2.45) is 0 Å². The Morgan fingerprint density at radius 3 is 3.00 bits per heavy atom. The van der Waals surface area contributed by atoms with Crippen molar-refractivity contribution >= 4 is 28.2 Å². The molecular formula is C17H13N3O5S. The second-order valence-corrected chi connectivity index (χ2v) is 6.65. The van der Waals surface area contributed by atoms with Crippen molar-refractivity contribution in [3.05, 3.63) is 52.5 Å². The number of oxazole rings is 1. The summed E-state index contributed by atoms with van der Waals surface area (Å²) in [6.07, 6.45) is 4.94. The number of hydrogen-bond acceptors (Lipinski definition) is 7. The molecule has 9 heteroatoms. The van der Waals surface area contributed by atoms with Gasteiger partial charge in [0.25, 0.3) is 5.91 Å². The van der Waals surface area contributed by atoms with E-state index in [1.165, 1.54) is 17.6 Å². The Kier molecular flexibility index (Phi) is 4.23. The molecule has 3 aromatic rings. The first kappa shape index (κ1) is 16.4. The molecule has 1 amide bonds. The van der Waals surface area contributed by atoms with Gasteiger partial charge in [0.1, 0.15) is 11.3 Å². The number of nitrogens with one attached hydrogen (secondary N) is 1. The maximum atomic E-state index is 12.5. The highest BCUT2D eigenvalue weighted by molar-refractivity contribution is 7.17. The van der Waals surface area contributed by atoms with E-state index in [1.54, 1.807) is 24.5 Å². The van der Waals surface area contributed by atoms with Crippen LogP contribution in [0.15, 0.2) is 35.2 Å². The number of ether oxygens (including phenoxy) is 1. The minimum absolute atomic E-state index is 0.0582. The van der Waals surface area contributed by atoms with Gasteiger partial charge in [-0.3, -0.25) is 9.78 Å². The van der Waals surface area contributed by atoms with Crippen LogP contribution in [0.1, 0.15) is 31.3 Å². The maximum absolute atomic E-state index is 12.5. The number of anilines is 1. The van der Waals surface area contributed by atoms with Gasteiger partial charge < -0.3 is 19.6 Å². The van der Waals surface area contributed by atoms with Crippen LogP contribution in [0.5, 0.6) is 0 Å². The summed E-state index contributed by atoms with van der Waals surface area (Å²) in [5.41, 5.74) is 1.54. The Morgan fingerprint density at radius 2 is 2.23 bits per heavy atom. The molecule has 0 spiro atoms. The van der Waals surface area contributed by atoms with Crippen LogP contribution in [-0.2, 0) is 17.8 Å². The fourth-order valence-corrected chi connectivity index (χ4v) is 3.89. The van der Waals surface area contributed by atoms with Crippen molar-refractivity contribution in [1.29, 1.82) is 0 Å². The molecule has 1 aliphatic heterocycles. The van der Waals surface area contributed by atoms with Crippen LogP contribution < -0.4 is 5.32 Å². The summed E-state index contributed by atoms with van der Waals surface area (Å²) in [5, 5.41) is 12.4. The highest BCUT2D eigenvalue weighted by Crippen LogP contribution is 2.36. The van der Waals surface area contributed by atoms with E-state index in [4.69, 9.17) is 9.15 Å². The largest absolute Gasteiger partial charge is 0.478 e. The third-order valence-electron chi connectivity index (χ3n) is 3.91. The molecule has 0 saturated heterocycles. The van der Waals surface area contributed by atoms with E-state index in [1.807, 2.05) is 0 Å². The summed E-state index contributed by atoms with van der Waals surface area (Å²) in [5.74, 6) is -1.35. The van der Waals surface area contributed by atoms with Crippen molar-refractivity contribution in [3.8, 4) is 11.5 Å². The smallest absolute Gasteiger partial charge is 0.339 e. The topological polar surface area (TPSA) is 115 Å². The number of carboxylic acid groups (broad SMARTS) is 1. The summed E-state index contributed by atoms with van der Waals surface area (Å²) in [6, 6.07) is 3.49. The third kappa shape index (κ3) is 2.98. The predicted octanol–water partition coefficient (Wildman–Crippen LogP) is 2.82. The third-order valence-corrected chi connectivity index (χ3v) is 5.03. The van der Waals surface area contributed by atoms with Gasteiger partial charge in [-0.05, 0) is 24.1 Å². The standard InChI is InChI=1S/C17H13N3O5S/c21-14(11-7-25-15(19-11)9-2-1-4-18-6-9)20-16-13(17(22)23)10-3-5-24-8-12(10)26-16/h1-2,4,6-7H,3,5,8H2,(H,20,21)(H,22,23). The summed E-state index contributed by atoms with van der Waals surface area (Å²) in [4.78, 5) is 33.1. The van der Waals surface area contributed by atoms with Crippen molar-refractivity contribution in [1.82, 2.24) is 9.97 Å². The molecule has 0 radical (unpaired) electrons. The lowest BCUT2D eigenvalue weighted by Crippen LogP contribution is -2.15. The van der Waals surface area contributed by atoms with Crippen molar-refractivity contribution < 1.29 is 23.8 Å². The zero-order valence-electron chi connectivity index (χ0n) is 13.4. The molecule has 0 aromatic carbocycles. The zero-order chi connectivity index (χ0) is 18.1. The summed E-state index contributed by atoms with van der Waals surface area (Å²) in [6.45, 7) is 0.820. The molecule has 0 saturated carbocycles. The van der Waals surface area contributed by atoms with Gasteiger partial charge in [-0.15, -0.1) is 11.3 Å². The van der Waals surface area contributed by atoms with Gasteiger partial charge in [-0.25, -0.2) is 9.78 Å². The van der Waals surface area contributed by atoms with E-state index in [0.29, 0.717) is 25.2 Å². The molecule has 2 N–H and O–H groups in total. The fraction of sp³-hybridized carbons (Fsp3) is 0.176. The summed E-state index contributed by atoms with van der Waals surface area (Å²) < 4.78 is 10.7. The second kappa shape index (κ2) is 6.70. The molecule has 0 bridgehead atoms.